The lowest BCUT2D eigenvalue weighted by molar-refractivity contribution is -0.384. The van der Waals surface area contributed by atoms with E-state index in [4.69, 9.17) is 5.73 Å². The molecule has 0 bridgehead atoms. The molecule has 1 aliphatic carbocycles. The molecule has 0 heterocycles. The van der Waals surface area contributed by atoms with E-state index >= 15 is 0 Å². The lowest BCUT2D eigenvalue weighted by Gasteiger charge is -2.21. The second-order valence-electron chi connectivity index (χ2n) is 5.39. The SMILES string of the molecule is Cc1cc(NC2CCCC2CN)c([N+](=O)[O-])cc1C. The number of nitro benzene ring substituents is 1. The molecular weight excluding hydrogens is 242 g/mol. The van der Waals surface area contributed by atoms with Crippen LogP contribution < -0.4 is 11.1 Å². The smallest absolute Gasteiger partial charge is 0.292 e. The highest BCUT2D eigenvalue weighted by molar-refractivity contribution is 5.65. The first-order valence-corrected chi connectivity index (χ1v) is 6.75. The maximum Gasteiger partial charge on any atom is 0.292 e. The van der Waals surface area contributed by atoms with Crippen molar-refractivity contribution in [2.45, 2.75) is 39.2 Å². The molecule has 0 radical (unpaired) electrons. The van der Waals surface area contributed by atoms with E-state index in [0.29, 0.717) is 18.2 Å². The van der Waals surface area contributed by atoms with E-state index in [-0.39, 0.29) is 16.7 Å². The molecule has 1 aromatic carbocycles. The van der Waals surface area contributed by atoms with Gasteiger partial charge >= 0.3 is 0 Å². The van der Waals surface area contributed by atoms with Crippen molar-refractivity contribution < 1.29 is 4.92 Å². The molecule has 0 spiro atoms. The van der Waals surface area contributed by atoms with Crippen molar-refractivity contribution >= 4 is 11.4 Å². The van der Waals surface area contributed by atoms with E-state index in [9.17, 15) is 10.1 Å². The zero-order chi connectivity index (χ0) is 14.0. The molecule has 1 fully saturated rings. The first-order chi connectivity index (χ1) is 9.02. The normalized spacial score (nSPS) is 22.5. The number of hydrogen-bond donors (Lipinski definition) is 2. The fourth-order valence-electron chi connectivity index (χ4n) is 2.78. The Labute approximate surface area is 113 Å². The zero-order valence-electron chi connectivity index (χ0n) is 11.5. The Hall–Kier alpha value is -1.62. The fourth-order valence-corrected chi connectivity index (χ4v) is 2.78. The van der Waals surface area contributed by atoms with Gasteiger partial charge in [-0.2, -0.15) is 0 Å². The van der Waals surface area contributed by atoms with Crippen LogP contribution in [-0.4, -0.2) is 17.5 Å². The van der Waals surface area contributed by atoms with Gasteiger partial charge in [-0.3, -0.25) is 10.1 Å². The standard InChI is InChI=1S/C14H21N3O2/c1-9-6-13(14(17(18)19)7-10(9)2)16-12-5-3-4-11(12)8-15/h6-7,11-12,16H,3-5,8,15H2,1-2H3. The van der Waals surface area contributed by atoms with Crippen LogP contribution in [0.5, 0.6) is 0 Å². The molecule has 2 atom stereocenters. The van der Waals surface area contributed by atoms with Gasteiger partial charge in [-0.15, -0.1) is 0 Å². The van der Waals surface area contributed by atoms with E-state index in [1.54, 1.807) is 6.07 Å². The molecule has 5 nitrogen and oxygen atoms in total. The van der Waals surface area contributed by atoms with E-state index in [0.717, 1.165) is 30.4 Å². The highest BCUT2D eigenvalue weighted by atomic mass is 16.6. The maximum atomic E-state index is 11.2. The molecule has 19 heavy (non-hydrogen) atoms. The third-order valence-electron chi connectivity index (χ3n) is 4.11. The number of anilines is 1. The molecular formula is C14H21N3O2. The van der Waals surface area contributed by atoms with Crippen molar-refractivity contribution in [3.8, 4) is 0 Å². The topological polar surface area (TPSA) is 81.2 Å². The summed E-state index contributed by atoms with van der Waals surface area (Å²) in [5.41, 5.74) is 8.55. The third kappa shape index (κ3) is 2.87. The Morgan fingerprint density at radius 3 is 2.68 bits per heavy atom. The number of benzene rings is 1. The van der Waals surface area contributed by atoms with Gasteiger partial charge in [0.1, 0.15) is 5.69 Å². The van der Waals surface area contributed by atoms with Crippen LogP contribution in [0.1, 0.15) is 30.4 Å². The van der Waals surface area contributed by atoms with Crippen molar-refractivity contribution in [1.82, 2.24) is 0 Å². The molecule has 0 saturated heterocycles. The van der Waals surface area contributed by atoms with E-state index in [2.05, 4.69) is 5.32 Å². The Bertz CT molecular complexity index is 488. The van der Waals surface area contributed by atoms with Crippen molar-refractivity contribution in [1.29, 1.82) is 0 Å². The van der Waals surface area contributed by atoms with Crippen molar-refractivity contribution in [2.75, 3.05) is 11.9 Å². The molecule has 0 aromatic heterocycles. The first kappa shape index (κ1) is 13.8. The van der Waals surface area contributed by atoms with Crippen molar-refractivity contribution in [3.05, 3.63) is 33.4 Å². The lowest BCUT2D eigenvalue weighted by Crippen LogP contribution is -2.29. The van der Waals surface area contributed by atoms with Gasteiger partial charge in [0.05, 0.1) is 4.92 Å². The van der Waals surface area contributed by atoms with Gasteiger partial charge in [-0.1, -0.05) is 6.42 Å². The molecule has 1 aliphatic rings. The Morgan fingerprint density at radius 2 is 2.05 bits per heavy atom. The molecule has 3 N–H and O–H groups in total. The van der Waals surface area contributed by atoms with Crippen LogP contribution in [0.2, 0.25) is 0 Å². The van der Waals surface area contributed by atoms with Gasteiger partial charge in [-0.05, 0) is 56.3 Å². The molecule has 2 unspecified atom stereocenters. The monoisotopic (exact) mass is 263 g/mol. The van der Waals surface area contributed by atoms with E-state index < -0.39 is 0 Å². The molecule has 5 heteroatoms. The Kier molecular flexibility index (Phi) is 4.04. The maximum absolute atomic E-state index is 11.2. The number of nitrogens with two attached hydrogens (primary N) is 1. The summed E-state index contributed by atoms with van der Waals surface area (Å²) >= 11 is 0. The second-order valence-corrected chi connectivity index (χ2v) is 5.39. The fraction of sp³-hybridized carbons (Fsp3) is 0.571. The Balaban J connectivity index is 2.28. The largest absolute Gasteiger partial charge is 0.376 e. The highest BCUT2D eigenvalue weighted by Gasteiger charge is 2.28. The summed E-state index contributed by atoms with van der Waals surface area (Å²) in [4.78, 5) is 10.8. The zero-order valence-corrected chi connectivity index (χ0v) is 11.5. The number of aryl methyl sites for hydroxylation is 2. The van der Waals surface area contributed by atoms with Gasteiger partial charge in [-0.25, -0.2) is 0 Å². The van der Waals surface area contributed by atoms with Crippen molar-refractivity contribution in [3.63, 3.8) is 0 Å². The van der Waals surface area contributed by atoms with Crippen LogP contribution in [0, 0.1) is 29.9 Å². The minimum atomic E-state index is -0.318. The number of nitrogens with one attached hydrogen (secondary N) is 1. The van der Waals surface area contributed by atoms with Crippen molar-refractivity contribution in [2.24, 2.45) is 11.7 Å². The van der Waals surface area contributed by atoms with Gasteiger partial charge in [0.2, 0.25) is 0 Å². The van der Waals surface area contributed by atoms with Gasteiger partial charge in [0.15, 0.2) is 0 Å². The van der Waals surface area contributed by atoms with Crippen LogP contribution in [-0.2, 0) is 0 Å². The summed E-state index contributed by atoms with van der Waals surface area (Å²) in [5, 5.41) is 14.5. The predicted molar refractivity (Wildman–Crippen MR) is 76.4 cm³/mol. The number of hydrogen-bond acceptors (Lipinski definition) is 4. The summed E-state index contributed by atoms with van der Waals surface area (Å²) in [6, 6.07) is 3.77. The summed E-state index contributed by atoms with van der Waals surface area (Å²) < 4.78 is 0. The molecule has 104 valence electrons. The molecule has 1 saturated carbocycles. The summed E-state index contributed by atoms with van der Waals surface area (Å²) in [7, 11) is 0. The van der Waals surface area contributed by atoms with Crippen LogP contribution in [0.15, 0.2) is 12.1 Å². The van der Waals surface area contributed by atoms with Crippen LogP contribution in [0.4, 0.5) is 11.4 Å². The van der Waals surface area contributed by atoms with E-state index in [1.165, 1.54) is 0 Å². The molecule has 0 aliphatic heterocycles. The summed E-state index contributed by atoms with van der Waals surface area (Å²) in [6.45, 7) is 4.50. The number of nitro groups is 1. The summed E-state index contributed by atoms with van der Waals surface area (Å²) in [5.74, 6) is 0.418. The Morgan fingerprint density at radius 1 is 1.37 bits per heavy atom. The quantitative estimate of drug-likeness (QED) is 0.646. The van der Waals surface area contributed by atoms with Crippen LogP contribution in [0.25, 0.3) is 0 Å². The van der Waals surface area contributed by atoms with Gasteiger partial charge in [0.25, 0.3) is 5.69 Å². The molecule has 2 rings (SSSR count). The highest BCUT2D eigenvalue weighted by Crippen LogP contribution is 2.33. The average molecular weight is 263 g/mol. The van der Waals surface area contributed by atoms with Gasteiger partial charge < -0.3 is 11.1 Å². The molecule has 0 amide bonds. The number of rotatable bonds is 4. The average Bonchev–Trinajstić information content (AvgIpc) is 2.80. The third-order valence-corrected chi connectivity index (χ3v) is 4.11. The van der Waals surface area contributed by atoms with E-state index in [1.807, 2.05) is 19.9 Å². The minimum Gasteiger partial charge on any atom is -0.376 e. The predicted octanol–water partition coefficient (Wildman–Crippen LogP) is 2.75. The molecule has 1 aromatic rings. The van der Waals surface area contributed by atoms with Crippen LogP contribution >= 0.6 is 0 Å². The summed E-state index contributed by atoms with van der Waals surface area (Å²) in [6.07, 6.45) is 3.27. The first-order valence-electron chi connectivity index (χ1n) is 6.75. The van der Waals surface area contributed by atoms with Gasteiger partial charge in [0, 0.05) is 12.1 Å². The van der Waals surface area contributed by atoms with Crippen LogP contribution in [0.3, 0.4) is 0 Å². The second kappa shape index (κ2) is 5.57. The minimum absolute atomic E-state index is 0.158. The lowest BCUT2D eigenvalue weighted by atomic mass is 10.0. The number of nitrogens with zero attached hydrogens (tertiary/aromatic N) is 1.